The third kappa shape index (κ3) is 4.01. The SMILES string of the molecule is COc1cc(/C=C(\C#N)c2cc(OC)c(OC)c(OC)c2)cc(OC)c1. The lowest BCUT2D eigenvalue weighted by Gasteiger charge is -2.14. The highest BCUT2D eigenvalue weighted by Gasteiger charge is 2.15. The van der Waals surface area contributed by atoms with Crippen LogP contribution in [0, 0.1) is 11.3 Å². The van der Waals surface area contributed by atoms with Gasteiger partial charge < -0.3 is 23.7 Å². The van der Waals surface area contributed by atoms with Gasteiger partial charge in [-0.25, -0.2) is 0 Å². The van der Waals surface area contributed by atoms with Gasteiger partial charge in [0.2, 0.25) is 5.75 Å². The van der Waals surface area contributed by atoms with Crippen molar-refractivity contribution in [3.63, 3.8) is 0 Å². The number of benzene rings is 2. The summed E-state index contributed by atoms with van der Waals surface area (Å²) >= 11 is 0. The fraction of sp³-hybridized carbons (Fsp3) is 0.250. The Bertz CT molecular complexity index is 805. The average Bonchev–Trinajstić information content (AvgIpc) is 2.70. The molecule has 0 bridgehead atoms. The molecule has 26 heavy (non-hydrogen) atoms. The number of hydrogen-bond donors (Lipinski definition) is 0. The number of allylic oxidation sites excluding steroid dienone is 1. The monoisotopic (exact) mass is 355 g/mol. The molecule has 0 aliphatic carbocycles. The van der Waals surface area contributed by atoms with Gasteiger partial charge in [-0.2, -0.15) is 5.26 Å². The molecule has 0 saturated carbocycles. The van der Waals surface area contributed by atoms with E-state index in [1.54, 1.807) is 38.5 Å². The minimum absolute atomic E-state index is 0.430. The Labute approximate surface area is 153 Å². The van der Waals surface area contributed by atoms with E-state index >= 15 is 0 Å². The summed E-state index contributed by atoms with van der Waals surface area (Å²) in [5.41, 5.74) is 1.84. The van der Waals surface area contributed by atoms with E-state index in [-0.39, 0.29) is 0 Å². The Morgan fingerprint density at radius 3 is 1.69 bits per heavy atom. The Morgan fingerprint density at radius 2 is 1.31 bits per heavy atom. The fourth-order valence-corrected chi connectivity index (χ4v) is 2.50. The molecular weight excluding hydrogens is 334 g/mol. The molecule has 0 heterocycles. The fourth-order valence-electron chi connectivity index (χ4n) is 2.50. The Morgan fingerprint density at radius 1 is 0.769 bits per heavy atom. The first-order valence-corrected chi connectivity index (χ1v) is 7.75. The van der Waals surface area contributed by atoms with Crippen LogP contribution >= 0.6 is 0 Å². The molecule has 0 spiro atoms. The molecule has 0 saturated heterocycles. The van der Waals surface area contributed by atoms with Gasteiger partial charge in [0, 0.05) is 6.07 Å². The minimum atomic E-state index is 0.430. The number of methoxy groups -OCH3 is 5. The highest BCUT2D eigenvalue weighted by Crippen LogP contribution is 2.40. The average molecular weight is 355 g/mol. The molecule has 0 unspecified atom stereocenters. The number of nitrogens with zero attached hydrogens (tertiary/aromatic N) is 1. The van der Waals surface area contributed by atoms with Crippen molar-refractivity contribution in [1.29, 1.82) is 5.26 Å². The van der Waals surface area contributed by atoms with Crippen LogP contribution in [0.25, 0.3) is 11.6 Å². The molecule has 2 rings (SSSR count). The van der Waals surface area contributed by atoms with Gasteiger partial charge in [0.25, 0.3) is 0 Å². The molecule has 0 amide bonds. The van der Waals surface area contributed by atoms with E-state index in [0.717, 1.165) is 5.56 Å². The Kier molecular flexibility index (Phi) is 6.34. The normalized spacial score (nSPS) is 10.7. The van der Waals surface area contributed by atoms with Crippen LogP contribution in [-0.2, 0) is 0 Å². The van der Waals surface area contributed by atoms with E-state index < -0.39 is 0 Å². The zero-order chi connectivity index (χ0) is 19.1. The standard InChI is InChI=1S/C20H21NO5/c1-22-16-7-13(8-17(11-16)23-2)6-15(12-21)14-9-18(24-3)20(26-5)19(10-14)25-4/h6-11H,1-5H3/b15-6+. The zero-order valence-electron chi connectivity index (χ0n) is 15.5. The van der Waals surface area contributed by atoms with E-state index in [1.165, 1.54) is 21.3 Å². The molecule has 2 aromatic rings. The van der Waals surface area contributed by atoms with Crippen molar-refractivity contribution in [2.75, 3.05) is 35.5 Å². The number of hydrogen-bond acceptors (Lipinski definition) is 6. The maximum Gasteiger partial charge on any atom is 0.203 e. The summed E-state index contributed by atoms with van der Waals surface area (Å²) < 4.78 is 26.6. The largest absolute Gasteiger partial charge is 0.497 e. The lowest BCUT2D eigenvalue weighted by atomic mass is 10.0. The van der Waals surface area contributed by atoms with Crippen molar-refractivity contribution in [2.45, 2.75) is 0 Å². The summed E-state index contributed by atoms with van der Waals surface area (Å²) in [5.74, 6) is 2.70. The summed E-state index contributed by atoms with van der Waals surface area (Å²) in [4.78, 5) is 0. The molecule has 6 nitrogen and oxygen atoms in total. The summed E-state index contributed by atoms with van der Waals surface area (Å²) in [6.45, 7) is 0. The van der Waals surface area contributed by atoms with Crippen LogP contribution in [0.5, 0.6) is 28.7 Å². The third-order valence-corrected chi connectivity index (χ3v) is 3.78. The Hall–Kier alpha value is -3.33. The van der Waals surface area contributed by atoms with Crippen LogP contribution in [0.15, 0.2) is 30.3 Å². The van der Waals surface area contributed by atoms with Gasteiger partial charge in [-0.3, -0.25) is 0 Å². The van der Waals surface area contributed by atoms with Gasteiger partial charge in [-0.15, -0.1) is 0 Å². The van der Waals surface area contributed by atoms with E-state index in [9.17, 15) is 5.26 Å². The predicted octanol–water partition coefficient (Wildman–Crippen LogP) is 3.79. The molecule has 0 aromatic heterocycles. The lowest BCUT2D eigenvalue weighted by molar-refractivity contribution is 0.324. The van der Waals surface area contributed by atoms with Gasteiger partial charge in [-0.05, 0) is 41.5 Å². The van der Waals surface area contributed by atoms with Crippen LogP contribution in [0.1, 0.15) is 11.1 Å². The lowest BCUT2D eigenvalue weighted by Crippen LogP contribution is -1.96. The maximum absolute atomic E-state index is 9.65. The van der Waals surface area contributed by atoms with Crippen LogP contribution < -0.4 is 23.7 Å². The van der Waals surface area contributed by atoms with Crippen molar-refractivity contribution in [3.8, 4) is 34.8 Å². The van der Waals surface area contributed by atoms with Crippen LogP contribution in [0.2, 0.25) is 0 Å². The molecule has 0 N–H and O–H groups in total. The first-order valence-electron chi connectivity index (χ1n) is 7.75. The van der Waals surface area contributed by atoms with Gasteiger partial charge in [-0.1, -0.05) is 0 Å². The van der Waals surface area contributed by atoms with Gasteiger partial charge in [0.1, 0.15) is 11.5 Å². The Balaban J connectivity index is 2.58. The van der Waals surface area contributed by atoms with E-state index in [0.29, 0.717) is 39.9 Å². The molecule has 0 atom stereocenters. The van der Waals surface area contributed by atoms with E-state index in [2.05, 4.69) is 6.07 Å². The first kappa shape index (κ1) is 19.0. The molecule has 0 radical (unpaired) electrons. The topological polar surface area (TPSA) is 69.9 Å². The number of ether oxygens (including phenoxy) is 5. The van der Waals surface area contributed by atoms with Crippen molar-refractivity contribution < 1.29 is 23.7 Å². The molecule has 136 valence electrons. The highest BCUT2D eigenvalue weighted by atomic mass is 16.5. The third-order valence-electron chi connectivity index (χ3n) is 3.78. The van der Waals surface area contributed by atoms with Gasteiger partial charge >= 0.3 is 0 Å². The van der Waals surface area contributed by atoms with Crippen LogP contribution in [0.4, 0.5) is 0 Å². The second kappa shape index (κ2) is 8.67. The smallest absolute Gasteiger partial charge is 0.203 e. The summed E-state index contributed by atoms with van der Waals surface area (Å²) in [6, 6.07) is 11.1. The summed E-state index contributed by atoms with van der Waals surface area (Å²) in [5, 5.41) is 9.65. The van der Waals surface area contributed by atoms with E-state index in [1.807, 2.05) is 12.1 Å². The quantitative estimate of drug-likeness (QED) is 0.556. The molecular formula is C20H21NO5. The van der Waals surface area contributed by atoms with Crippen LogP contribution in [-0.4, -0.2) is 35.5 Å². The van der Waals surface area contributed by atoms with Crippen molar-refractivity contribution in [1.82, 2.24) is 0 Å². The maximum atomic E-state index is 9.65. The molecule has 0 aliphatic rings. The second-order valence-electron chi connectivity index (χ2n) is 5.23. The molecule has 0 aliphatic heterocycles. The van der Waals surface area contributed by atoms with Crippen molar-refractivity contribution in [2.24, 2.45) is 0 Å². The van der Waals surface area contributed by atoms with Crippen molar-refractivity contribution >= 4 is 11.6 Å². The van der Waals surface area contributed by atoms with Crippen LogP contribution in [0.3, 0.4) is 0 Å². The highest BCUT2D eigenvalue weighted by molar-refractivity contribution is 5.91. The van der Waals surface area contributed by atoms with E-state index in [4.69, 9.17) is 23.7 Å². The zero-order valence-corrected chi connectivity index (χ0v) is 15.5. The molecule has 0 fully saturated rings. The first-order chi connectivity index (χ1) is 12.6. The molecule has 2 aromatic carbocycles. The molecule has 6 heteroatoms. The van der Waals surface area contributed by atoms with Gasteiger partial charge in [0.15, 0.2) is 11.5 Å². The number of nitriles is 1. The summed E-state index contributed by atoms with van der Waals surface area (Å²) in [6.07, 6.45) is 1.74. The predicted molar refractivity (Wildman–Crippen MR) is 99.1 cm³/mol. The number of rotatable bonds is 7. The van der Waals surface area contributed by atoms with Gasteiger partial charge in [0.05, 0.1) is 47.2 Å². The van der Waals surface area contributed by atoms with Crippen molar-refractivity contribution in [3.05, 3.63) is 41.5 Å². The summed E-state index contributed by atoms with van der Waals surface area (Å²) in [7, 11) is 7.75. The second-order valence-corrected chi connectivity index (χ2v) is 5.23. The minimum Gasteiger partial charge on any atom is -0.497 e.